The molecule has 272 valence electrons. The van der Waals surface area contributed by atoms with Gasteiger partial charge in [0, 0.05) is 50.9 Å². The van der Waals surface area contributed by atoms with Crippen LogP contribution in [0.4, 0.5) is 0 Å². The maximum Gasteiger partial charge on any atom is 0.182 e. The molecule has 0 atom stereocenters. The molecule has 0 unspecified atom stereocenters. The molecule has 0 aliphatic rings. The largest absolute Gasteiger partial charge is 0.456 e. The first-order chi connectivity index (χ1) is 28.8. The molecule has 0 aliphatic heterocycles. The van der Waals surface area contributed by atoms with E-state index in [4.69, 9.17) is 19.4 Å². The molecule has 0 spiro atoms. The molecule has 0 amide bonds. The highest BCUT2D eigenvalue weighted by atomic mass is 28.3. The van der Waals surface area contributed by atoms with Crippen LogP contribution in [-0.4, -0.2) is 32.2 Å². The summed E-state index contributed by atoms with van der Waals surface area (Å²) in [7, 11) is -2.96. The Morgan fingerprint density at radius 2 is 0.931 bits per heavy atom. The molecule has 6 aromatic heterocycles. The topological polar surface area (TPSA) is 61.7 Å². The Balaban J connectivity index is 1.07. The highest BCUT2D eigenvalue weighted by Gasteiger charge is 2.42. The number of hydrogen-bond acceptors (Lipinski definition) is 4. The third-order valence-electron chi connectivity index (χ3n) is 11.8. The van der Waals surface area contributed by atoms with Crippen LogP contribution in [0.3, 0.4) is 0 Å². The molecule has 0 N–H and O–H groups in total. The zero-order valence-electron chi connectivity index (χ0n) is 31.2. The average molecular weight is 760 g/mol. The molecule has 6 heterocycles. The first-order valence-corrected chi connectivity index (χ1v) is 21.5. The molecule has 7 heteroatoms. The Hall–Kier alpha value is -7.61. The van der Waals surface area contributed by atoms with Crippen molar-refractivity contribution in [2.24, 2.45) is 0 Å². The van der Waals surface area contributed by atoms with Gasteiger partial charge in [-0.2, -0.15) is 0 Å². The van der Waals surface area contributed by atoms with E-state index in [2.05, 4.69) is 185 Å². The Labute approximate surface area is 333 Å². The van der Waals surface area contributed by atoms with Gasteiger partial charge in [-0.15, -0.1) is 0 Å². The van der Waals surface area contributed by atoms with Gasteiger partial charge in [-0.25, -0.2) is 15.0 Å². The fourth-order valence-corrected chi connectivity index (χ4v) is 14.0. The van der Waals surface area contributed by atoms with Crippen LogP contribution in [0.2, 0.25) is 0 Å². The minimum absolute atomic E-state index is 0.831. The van der Waals surface area contributed by atoms with Crippen molar-refractivity contribution in [1.82, 2.24) is 24.1 Å². The van der Waals surface area contributed by atoms with Crippen LogP contribution in [0.1, 0.15) is 0 Å². The van der Waals surface area contributed by atoms with Crippen LogP contribution in [-0.2, 0) is 0 Å². The van der Waals surface area contributed by atoms with Gasteiger partial charge in [-0.1, -0.05) is 127 Å². The zero-order chi connectivity index (χ0) is 38.2. The summed E-state index contributed by atoms with van der Waals surface area (Å²) in [5, 5.41) is 11.7. The van der Waals surface area contributed by atoms with Gasteiger partial charge in [0.2, 0.25) is 0 Å². The van der Waals surface area contributed by atoms with E-state index in [-0.39, 0.29) is 0 Å². The molecule has 0 bridgehead atoms. The van der Waals surface area contributed by atoms with E-state index >= 15 is 0 Å². The first kappa shape index (κ1) is 32.6. The number of rotatable bonds is 6. The molecular weight excluding hydrogens is 727 g/mol. The maximum absolute atomic E-state index is 6.34. The van der Waals surface area contributed by atoms with Gasteiger partial charge < -0.3 is 4.42 Å². The average Bonchev–Trinajstić information content (AvgIpc) is 3.96. The second kappa shape index (κ2) is 12.7. The number of pyridine rings is 3. The normalized spacial score (nSPS) is 12.1. The third kappa shape index (κ3) is 4.62. The number of nitrogens with zero attached hydrogens (tertiary/aromatic N) is 5. The number of hydrogen-bond donors (Lipinski definition) is 0. The van der Waals surface area contributed by atoms with E-state index < -0.39 is 8.07 Å². The highest BCUT2D eigenvalue weighted by Crippen LogP contribution is 2.40. The Bertz CT molecular complexity index is 3410. The number of fused-ring (bicyclic) bond motifs is 10. The van der Waals surface area contributed by atoms with Crippen LogP contribution in [0, 0.1) is 0 Å². The van der Waals surface area contributed by atoms with E-state index in [0.717, 1.165) is 66.5 Å². The van der Waals surface area contributed by atoms with E-state index in [1.807, 2.05) is 24.4 Å². The van der Waals surface area contributed by atoms with Gasteiger partial charge in [0.25, 0.3) is 0 Å². The van der Waals surface area contributed by atoms with Crippen molar-refractivity contribution in [2.75, 3.05) is 0 Å². The summed E-state index contributed by atoms with van der Waals surface area (Å²) in [4.78, 5) is 15.4. The molecule has 0 fully saturated rings. The maximum atomic E-state index is 6.34. The fourth-order valence-electron chi connectivity index (χ4n) is 9.41. The van der Waals surface area contributed by atoms with Gasteiger partial charge in [-0.3, -0.25) is 9.13 Å². The van der Waals surface area contributed by atoms with Crippen molar-refractivity contribution in [3.8, 4) is 11.6 Å². The van der Waals surface area contributed by atoms with Crippen LogP contribution < -0.4 is 20.7 Å². The summed E-state index contributed by atoms with van der Waals surface area (Å²) in [5.41, 5.74) is 5.94. The van der Waals surface area contributed by atoms with Gasteiger partial charge in [0.1, 0.15) is 28.4 Å². The lowest BCUT2D eigenvalue weighted by atomic mass is 10.1. The van der Waals surface area contributed by atoms with E-state index in [9.17, 15) is 0 Å². The van der Waals surface area contributed by atoms with E-state index in [1.54, 1.807) is 0 Å². The summed E-state index contributed by atoms with van der Waals surface area (Å²) < 4.78 is 10.8. The van der Waals surface area contributed by atoms with Gasteiger partial charge in [-0.05, 0) is 75.3 Å². The fraction of sp³-hybridized carbons (Fsp3) is 0. The number of aromatic nitrogens is 5. The third-order valence-corrected chi connectivity index (χ3v) is 16.6. The second-order valence-corrected chi connectivity index (χ2v) is 18.6. The first-order valence-electron chi connectivity index (χ1n) is 19.5. The van der Waals surface area contributed by atoms with Crippen LogP contribution in [0.15, 0.2) is 205 Å². The Morgan fingerprint density at radius 3 is 1.60 bits per heavy atom. The number of furan rings is 1. The molecule has 6 aromatic carbocycles. The monoisotopic (exact) mass is 759 g/mol. The van der Waals surface area contributed by atoms with Crippen molar-refractivity contribution >= 4 is 94.5 Å². The standard InChI is InChI=1S/C51H33N5OSi/c1-3-14-34(15-4-1)58(35-16-5-2-6-17-35,37-26-30-48(54-33-37)56-42-22-10-7-18-38(42)39-21-13-31-52-51(39)56)36-25-29-47(53-32-36)55-43-23-11-8-19-40(43)49-44(55)27-28-46-50(49)41-20-9-12-24-45(41)57-46/h1-33H. The highest BCUT2D eigenvalue weighted by molar-refractivity contribution is 7.19. The molecule has 0 saturated heterocycles. The molecule has 6 nitrogen and oxygen atoms in total. The van der Waals surface area contributed by atoms with Crippen LogP contribution in [0.5, 0.6) is 0 Å². The smallest absolute Gasteiger partial charge is 0.182 e. The van der Waals surface area contributed by atoms with Crippen LogP contribution >= 0.6 is 0 Å². The zero-order valence-corrected chi connectivity index (χ0v) is 32.2. The quantitative estimate of drug-likeness (QED) is 0.159. The lowest BCUT2D eigenvalue weighted by Crippen LogP contribution is -2.74. The number of benzene rings is 6. The minimum atomic E-state index is -2.96. The lowest BCUT2D eigenvalue weighted by molar-refractivity contribution is 0.669. The molecule has 12 aromatic rings. The SMILES string of the molecule is c1ccc([Si](c2ccccc2)(c2ccc(-n3c4ccccc4c4c5c(ccc43)oc3ccccc35)nc2)c2ccc(-n3c4ccccc4c4cccnc43)nc2)cc1. The molecule has 0 saturated carbocycles. The number of para-hydroxylation sites is 3. The summed E-state index contributed by atoms with van der Waals surface area (Å²) in [6.07, 6.45) is 6.05. The molecule has 0 radical (unpaired) electrons. The van der Waals surface area contributed by atoms with Gasteiger partial charge >= 0.3 is 0 Å². The molecule has 0 aliphatic carbocycles. The second-order valence-electron chi connectivity index (χ2n) is 14.8. The lowest BCUT2D eigenvalue weighted by Gasteiger charge is -2.34. The van der Waals surface area contributed by atoms with Crippen molar-refractivity contribution in [3.63, 3.8) is 0 Å². The molecule has 58 heavy (non-hydrogen) atoms. The van der Waals surface area contributed by atoms with E-state index in [1.165, 1.54) is 31.5 Å². The molecular formula is C51H33N5OSi. The summed E-state index contributed by atoms with van der Waals surface area (Å²) in [6.45, 7) is 0. The van der Waals surface area contributed by atoms with Crippen molar-refractivity contribution in [1.29, 1.82) is 0 Å². The predicted octanol–water partition coefficient (Wildman–Crippen LogP) is 9.34. The minimum Gasteiger partial charge on any atom is -0.456 e. The predicted molar refractivity (Wildman–Crippen MR) is 239 cm³/mol. The summed E-state index contributed by atoms with van der Waals surface area (Å²) in [6, 6.07) is 64.5. The molecule has 12 rings (SSSR count). The van der Waals surface area contributed by atoms with Crippen LogP contribution in [0.25, 0.3) is 77.3 Å². The summed E-state index contributed by atoms with van der Waals surface area (Å²) >= 11 is 0. The van der Waals surface area contributed by atoms with Gasteiger partial charge in [0.15, 0.2) is 8.07 Å². The van der Waals surface area contributed by atoms with E-state index in [0.29, 0.717) is 0 Å². The van der Waals surface area contributed by atoms with Crippen molar-refractivity contribution in [3.05, 3.63) is 201 Å². The van der Waals surface area contributed by atoms with Gasteiger partial charge in [0.05, 0.1) is 16.6 Å². The Morgan fingerprint density at radius 1 is 0.362 bits per heavy atom. The van der Waals surface area contributed by atoms with Crippen molar-refractivity contribution in [2.45, 2.75) is 0 Å². The van der Waals surface area contributed by atoms with Crippen molar-refractivity contribution < 1.29 is 4.42 Å². The summed E-state index contributed by atoms with van der Waals surface area (Å²) in [5.74, 6) is 1.69. The Kier molecular flexibility index (Phi) is 7.15.